The monoisotopic (exact) mass is 469 g/mol. The van der Waals surface area contributed by atoms with Gasteiger partial charge in [0.25, 0.3) is 5.91 Å². The zero-order valence-corrected chi connectivity index (χ0v) is 19.8. The third-order valence-electron chi connectivity index (χ3n) is 7.30. The summed E-state index contributed by atoms with van der Waals surface area (Å²) in [5.74, 6) is -0.140. The number of likely N-dealkylation sites (tertiary alicyclic amines) is 1. The number of fused-ring (bicyclic) bond motifs is 1. The third kappa shape index (κ3) is 4.47. The number of benzene rings is 3. The lowest BCUT2D eigenvalue weighted by Crippen LogP contribution is -2.57. The van der Waals surface area contributed by atoms with Gasteiger partial charge in [-0.05, 0) is 34.7 Å². The number of aliphatic hydroxyl groups is 1. The molecule has 5 rings (SSSR count). The number of rotatable bonds is 7. The molecular weight excluding hydrogens is 438 g/mol. The molecular formula is C29H31N3O3. The van der Waals surface area contributed by atoms with E-state index in [9.17, 15) is 14.7 Å². The van der Waals surface area contributed by atoms with Crippen LogP contribution in [0.15, 0.2) is 78.9 Å². The Morgan fingerprint density at radius 2 is 1.60 bits per heavy atom. The van der Waals surface area contributed by atoms with Crippen molar-refractivity contribution in [3.8, 4) is 0 Å². The Morgan fingerprint density at radius 3 is 2.37 bits per heavy atom. The maximum atomic E-state index is 13.6. The van der Waals surface area contributed by atoms with Crippen LogP contribution in [0.3, 0.4) is 0 Å². The van der Waals surface area contributed by atoms with E-state index in [1.807, 2.05) is 42.5 Å². The number of urea groups is 1. The van der Waals surface area contributed by atoms with Crippen molar-refractivity contribution in [3.63, 3.8) is 0 Å². The van der Waals surface area contributed by atoms with Gasteiger partial charge in [0.2, 0.25) is 0 Å². The molecule has 3 amide bonds. The fourth-order valence-corrected chi connectivity index (χ4v) is 5.45. The van der Waals surface area contributed by atoms with Crippen LogP contribution in [0.4, 0.5) is 4.79 Å². The number of β-amino-alcohol motifs (C(OH)–C–C–N with tert-alkyl or cyclic N) is 1. The Labute approximate surface area is 206 Å². The molecule has 0 saturated carbocycles. The summed E-state index contributed by atoms with van der Waals surface area (Å²) < 4.78 is 0. The summed E-state index contributed by atoms with van der Waals surface area (Å²) in [6, 6.07) is 24.3. The number of carbonyl (C=O) groups excluding carboxylic acids is 2. The van der Waals surface area contributed by atoms with E-state index in [1.54, 1.807) is 4.90 Å². The first-order valence-corrected chi connectivity index (χ1v) is 12.3. The average Bonchev–Trinajstić information content (AvgIpc) is 3.08. The van der Waals surface area contributed by atoms with Crippen molar-refractivity contribution in [2.45, 2.75) is 24.9 Å². The molecule has 0 atom stereocenters. The van der Waals surface area contributed by atoms with Crippen molar-refractivity contribution in [1.82, 2.24) is 14.7 Å². The predicted molar refractivity (Wildman–Crippen MR) is 138 cm³/mol. The number of aliphatic hydroxyl groups excluding tert-OH is 1. The molecule has 35 heavy (non-hydrogen) atoms. The largest absolute Gasteiger partial charge is 0.395 e. The molecule has 0 radical (unpaired) electrons. The summed E-state index contributed by atoms with van der Waals surface area (Å²) >= 11 is 0. The first kappa shape index (κ1) is 23.3. The van der Waals surface area contributed by atoms with E-state index < -0.39 is 5.54 Å². The second kappa shape index (κ2) is 10.0. The Hall–Kier alpha value is -3.48. The second-order valence-electron chi connectivity index (χ2n) is 9.33. The van der Waals surface area contributed by atoms with Gasteiger partial charge in [0.15, 0.2) is 0 Å². The van der Waals surface area contributed by atoms with E-state index in [0.717, 1.165) is 25.2 Å². The van der Waals surface area contributed by atoms with Gasteiger partial charge < -0.3 is 10.0 Å². The Morgan fingerprint density at radius 1 is 0.886 bits per heavy atom. The highest BCUT2D eigenvalue weighted by Gasteiger charge is 2.57. The highest BCUT2D eigenvalue weighted by molar-refractivity contribution is 6.07. The van der Waals surface area contributed by atoms with Crippen LogP contribution >= 0.6 is 0 Å². The van der Waals surface area contributed by atoms with E-state index in [2.05, 4.69) is 47.4 Å². The molecule has 6 heteroatoms. The van der Waals surface area contributed by atoms with Crippen molar-refractivity contribution < 1.29 is 14.7 Å². The molecule has 180 valence electrons. The standard InChI is InChI=1S/C29H31N3O3/c33-21-20-32-28(35)31(17-7-10-23-8-2-1-3-9-23)27(34)29(32)15-18-30(19-16-29)22-25-13-6-12-24-11-4-5-14-26(24)25/h1-14,33H,15-22H2. The molecule has 2 aliphatic rings. The summed E-state index contributed by atoms with van der Waals surface area (Å²) in [6.07, 6.45) is 4.92. The Balaban J connectivity index is 1.30. The first-order valence-electron chi connectivity index (χ1n) is 12.3. The van der Waals surface area contributed by atoms with Gasteiger partial charge in [-0.15, -0.1) is 0 Å². The number of amides is 3. The number of carbonyl (C=O) groups is 2. The minimum absolute atomic E-state index is 0.140. The SMILES string of the molecule is O=C1N(CC=Cc2ccccc2)C(=O)C2(CCN(Cc3cccc4ccccc34)CC2)N1CCO. The Kier molecular flexibility index (Phi) is 6.66. The van der Waals surface area contributed by atoms with Crippen molar-refractivity contribution >= 4 is 28.8 Å². The van der Waals surface area contributed by atoms with E-state index in [-0.39, 0.29) is 31.6 Å². The molecule has 0 aliphatic carbocycles. The highest BCUT2D eigenvalue weighted by atomic mass is 16.3. The van der Waals surface area contributed by atoms with Gasteiger partial charge in [0.05, 0.1) is 6.61 Å². The minimum atomic E-state index is -0.865. The minimum Gasteiger partial charge on any atom is -0.395 e. The number of piperidine rings is 1. The van der Waals surface area contributed by atoms with Gasteiger partial charge in [-0.1, -0.05) is 84.9 Å². The van der Waals surface area contributed by atoms with Crippen LogP contribution in [0.5, 0.6) is 0 Å². The molecule has 2 heterocycles. The lowest BCUT2D eigenvalue weighted by molar-refractivity contribution is -0.135. The van der Waals surface area contributed by atoms with Gasteiger partial charge >= 0.3 is 6.03 Å². The van der Waals surface area contributed by atoms with Crippen LogP contribution in [0.1, 0.15) is 24.0 Å². The molecule has 1 N–H and O–H groups in total. The van der Waals surface area contributed by atoms with Crippen molar-refractivity contribution in [2.24, 2.45) is 0 Å². The molecule has 0 unspecified atom stereocenters. The fourth-order valence-electron chi connectivity index (χ4n) is 5.45. The van der Waals surface area contributed by atoms with Gasteiger partial charge in [0, 0.05) is 32.7 Å². The van der Waals surface area contributed by atoms with Crippen LogP contribution < -0.4 is 0 Å². The Bertz CT molecular complexity index is 1230. The van der Waals surface area contributed by atoms with Crippen LogP contribution in [-0.2, 0) is 11.3 Å². The van der Waals surface area contributed by atoms with Crippen LogP contribution in [0.2, 0.25) is 0 Å². The zero-order valence-electron chi connectivity index (χ0n) is 19.8. The molecule has 2 fully saturated rings. The van der Waals surface area contributed by atoms with E-state index in [1.165, 1.54) is 21.2 Å². The van der Waals surface area contributed by atoms with E-state index >= 15 is 0 Å². The number of hydrogen-bond donors (Lipinski definition) is 1. The average molecular weight is 470 g/mol. The van der Waals surface area contributed by atoms with Gasteiger partial charge in [-0.3, -0.25) is 14.6 Å². The number of imide groups is 1. The van der Waals surface area contributed by atoms with Gasteiger partial charge in [-0.2, -0.15) is 0 Å². The second-order valence-corrected chi connectivity index (χ2v) is 9.33. The summed E-state index contributed by atoms with van der Waals surface area (Å²) in [6.45, 7) is 2.50. The van der Waals surface area contributed by atoms with Crippen molar-refractivity contribution in [3.05, 3.63) is 90.0 Å². The summed E-state index contributed by atoms with van der Waals surface area (Å²) in [7, 11) is 0. The smallest absolute Gasteiger partial charge is 0.328 e. The molecule has 3 aromatic rings. The molecule has 1 spiro atoms. The van der Waals surface area contributed by atoms with Crippen molar-refractivity contribution in [2.75, 3.05) is 32.8 Å². The lowest BCUT2D eigenvalue weighted by Gasteiger charge is -2.42. The van der Waals surface area contributed by atoms with E-state index in [0.29, 0.717) is 12.8 Å². The number of hydrogen-bond acceptors (Lipinski definition) is 4. The van der Waals surface area contributed by atoms with Crippen LogP contribution in [0.25, 0.3) is 16.8 Å². The molecule has 2 aliphatic heterocycles. The highest BCUT2D eigenvalue weighted by Crippen LogP contribution is 2.37. The molecule has 0 aromatic heterocycles. The third-order valence-corrected chi connectivity index (χ3v) is 7.30. The number of nitrogens with zero attached hydrogens (tertiary/aromatic N) is 3. The predicted octanol–water partition coefficient (Wildman–Crippen LogP) is 4.14. The fraction of sp³-hybridized carbons (Fsp3) is 0.310. The molecule has 3 aromatic carbocycles. The van der Waals surface area contributed by atoms with Crippen LogP contribution in [-0.4, -0.2) is 70.1 Å². The van der Waals surface area contributed by atoms with Gasteiger partial charge in [0.1, 0.15) is 5.54 Å². The van der Waals surface area contributed by atoms with Crippen molar-refractivity contribution in [1.29, 1.82) is 0 Å². The molecule has 0 bridgehead atoms. The molecule has 2 saturated heterocycles. The quantitative estimate of drug-likeness (QED) is 0.528. The maximum Gasteiger partial charge on any atom is 0.328 e. The summed E-state index contributed by atoms with van der Waals surface area (Å²) in [5, 5.41) is 12.1. The summed E-state index contributed by atoms with van der Waals surface area (Å²) in [5.41, 5.74) is 1.43. The van der Waals surface area contributed by atoms with E-state index in [4.69, 9.17) is 0 Å². The summed E-state index contributed by atoms with van der Waals surface area (Å²) in [4.78, 5) is 32.1. The zero-order chi connectivity index (χ0) is 24.3. The first-order chi connectivity index (χ1) is 17.1. The topological polar surface area (TPSA) is 64.1 Å². The van der Waals surface area contributed by atoms with Crippen LogP contribution in [0, 0.1) is 0 Å². The molecule has 6 nitrogen and oxygen atoms in total. The lowest BCUT2D eigenvalue weighted by atomic mass is 9.85. The maximum absolute atomic E-state index is 13.6. The van der Waals surface area contributed by atoms with Gasteiger partial charge in [-0.25, -0.2) is 4.79 Å². The normalized spacial score (nSPS) is 18.4.